The van der Waals surface area contributed by atoms with E-state index in [1.165, 1.54) is 25.3 Å². The molecule has 2 atom stereocenters. The number of nitro groups is 1. The van der Waals surface area contributed by atoms with Gasteiger partial charge in [-0.15, -0.1) is 0 Å². The number of hydrogen-bond donors (Lipinski definition) is 0. The maximum Gasteiger partial charge on any atom is 0.324 e. The number of rotatable bonds is 4. The summed E-state index contributed by atoms with van der Waals surface area (Å²) in [6.45, 7) is 0.134. The molecule has 124 valence electrons. The van der Waals surface area contributed by atoms with Crippen LogP contribution in [0.2, 0.25) is 0 Å². The molecule has 0 amide bonds. The monoisotopic (exact) mass is 399 g/mol. The molecule has 0 N–H and O–H groups in total. The molecule has 0 aliphatic heterocycles. The first-order valence-corrected chi connectivity index (χ1v) is 9.63. The third kappa shape index (κ3) is 2.71. The second-order valence-corrected chi connectivity index (χ2v) is 10.1. The fourth-order valence-electron chi connectivity index (χ4n) is 5.23. The highest BCUT2D eigenvalue weighted by atomic mass is 79.9. The molecule has 0 saturated heterocycles. The summed E-state index contributed by atoms with van der Waals surface area (Å²) < 4.78 is 5.70. The Bertz CT molecular complexity index is 659. The van der Waals surface area contributed by atoms with Gasteiger partial charge in [-0.1, -0.05) is 27.3 Å². The van der Waals surface area contributed by atoms with E-state index in [-0.39, 0.29) is 27.3 Å². The predicted molar refractivity (Wildman–Crippen MR) is 89.5 cm³/mol. The van der Waals surface area contributed by atoms with Gasteiger partial charge in [0.05, 0.1) is 10.3 Å². The zero-order chi connectivity index (χ0) is 16.2. The Hall–Kier alpha value is -0.950. The van der Waals surface area contributed by atoms with Crippen molar-refractivity contribution in [2.24, 2.45) is 17.3 Å². The number of esters is 1. The quantitative estimate of drug-likeness (QED) is 0.324. The van der Waals surface area contributed by atoms with Gasteiger partial charge >= 0.3 is 11.0 Å². The average molecular weight is 400 g/mol. The van der Waals surface area contributed by atoms with E-state index in [2.05, 4.69) is 15.9 Å². The number of ether oxygens (including phenoxy) is 1. The molecule has 1 heterocycles. The molecule has 5 rings (SSSR count). The number of hydrogen-bond acceptors (Lipinski definition) is 5. The summed E-state index contributed by atoms with van der Waals surface area (Å²) in [7, 11) is 0. The predicted octanol–water partition coefficient (Wildman–Crippen LogP) is 4.43. The normalized spacial score (nSPS) is 37.8. The van der Waals surface area contributed by atoms with Crippen molar-refractivity contribution in [1.82, 2.24) is 0 Å². The summed E-state index contributed by atoms with van der Waals surface area (Å²) in [6, 6.07) is 1.49. The van der Waals surface area contributed by atoms with Crippen molar-refractivity contribution in [2.45, 2.75) is 49.5 Å². The molecule has 4 saturated carbocycles. The second-order valence-electron chi connectivity index (χ2n) is 7.52. The summed E-state index contributed by atoms with van der Waals surface area (Å²) >= 11 is 4.97. The van der Waals surface area contributed by atoms with E-state index in [0.717, 1.165) is 30.6 Å². The molecule has 7 heteroatoms. The molecule has 0 spiro atoms. The van der Waals surface area contributed by atoms with Gasteiger partial charge in [0.25, 0.3) is 0 Å². The third-order valence-corrected chi connectivity index (χ3v) is 7.47. The molecule has 1 aromatic heterocycles. The van der Waals surface area contributed by atoms with Crippen molar-refractivity contribution in [3.8, 4) is 0 Å². The number of alkyl halides is 1. The lowest BCUT2D eigenvalue weighted by molar-refractivity contribution is -0.380. The number of nitrogens with zero attached hydrogens (tertiary/aromatic N) is 1. The Morgan fingerprint density at radius 1 is 1.39 bits per heavy atom. The highest BCUT2D eigenvalue weighted by Crippen LogP contribution is 2.64. The van der Waals surface area contributed by atoms with Gasteiger partial charge in [-0.3, -0.25) is 14.9 Å². The number of halogens is 1. The largest absolute Gasteiger partial charge is 0.460 e. The molecular weight excluding hydrogens is 382 g/mol. The smallest absolute Gasteiger partial charge is 0.324 e. The Kier molecular flexibility index (Phi) is 3.57. The molecular formula is C16H18BrNO4S. The molecule has 23 heavy (non-hydrogen) atoms. The first-order chi connectivity index (χ1) is 10.9. The van der Waals surface area contributed by atoms with Crippen LogP contribution in [-0.4, -0.2) is 15.2 Å². The average Bonchev–Trinajstić information content (AvgIpc) is 2.91. The molecule has 4 bridgehead atoms. The minimum Gasteiger partial charge on any atom is -0.460 e. The summed E-state index contributed by atoms with van der Waals surface area (Å²) in [5.74, 6) is 1.15. The van der Waals surface area contributed by atoms with Crippen LogP contribution in [-0.2, 0) is 16.1 Å². The van der Waals surface area contributed by atoms with E-state index in [1.54, 1.807) is 5.38 Å². The zero-order valence-corrected chi connectivity index (χ0v) is 15.0. The maximum absolute atomic E-state index is 12.8. The van der Waals surface area contributed by atoms with Gasteiger partial charge in [-0.2, -0.15) is 0 Å². The van der Waals surface area contributed by atoms with Crippen molar-refractivity contribution in [3.05, 3.63) is 27.1 Å². The van der Waals surface area contributed by atoms with Crippen molar-refractivity contribution < 1.29 is 14.5 Å². The van der Waals surface area contributed by atoms with Crippen LogP contribution in [0.1, 0.15) is 44.1 Å². The first-order valence-electron chi connectivity index (χ1n) is 7.95. The van der Waals surface area contributed by atoms with Crippen LogP contribution in [0.25, 0.3) is 0 Å². The fourth-order valence-corrected chi connectivity index (χ4v) is 7.39. The second kappa shape index (κ2) is 5.28. The molecule has 0 aromatic carbocycles. The molecule has 0 radical (unpaired) electrons. The maximum atomic E-state index is 12.8. The SMILES string of the molecule is O=C(OCc1csc([N+](=O)[O-])c1)C12CC3CC(CC(Br)(C3)C1)C2. The van der Waals surface area contributed by atoms with Crippen LogP contribution in [0.4, 0.5) is 5.00 Å². The Morgan fingerprint density at radius 2 is 2.09 bits per heavy atom. The topological polar surface area (TPSA) is 69.4 Å². The molecule has 5 nitrogen and oxygen atoms in total. The van der Waals surface area contributed by atoms with Gasteiger partial charge in [-0.25, -0.2) is 0 Å². The lowest BCUT2D eigenvalue weighted by Gasteiger charge is -2.58. The van der Waals surface area contributed by atoms with Crippen LogP contribution in [0, 0.1) is 27.4 Å². The van der Waals surface area contributed by atoms with Crippen molar-refractivity contribution in [3.63, 3.8) is 0 Å². The van der Waals surface area contributed by atoms with Gasteiger partial charge in [-0.05, 0) is 50.4 Å². The first kappa shape index (κ1) is 15.6. The molecule has 4 aliphatic carbocycles. The fraction of sp³-hybridized carbons (Fsp3) is 0.688. The highest BCUT2D eigenvalue weighted by Gasteiger charge is 2.60. The van der Waals surface area contributed by atoms with E-state index in [4.69, 9.17) is 4.74 Å². The number of carbonyl (C=O) groups excluding carboxylic acids is 1. The van der Waals surface area contributed by atoms with Gasteiger partial charge in [0, 0.05) is 21.3 Å². The van der Waals surface area contributed by atoms with E-state index in [0.29, 0.717) is 17.4 Å². The third-order valence-electron chi connectivity index (χ3n) is 5.61. The summed E-state index contributed by atoms with van der Waals surface area (Å²) in [6.07, 6.45) is 6.36. The Morgan fingerprint density at radius 3 is 2.65 bits per heavy atom. The van der Waals surface area contributed by atoms with Crippen molar-refractivity contribution in [2.75, 3.05) is 0 Å². The van der Waals surface area contributed by atoms with E-state index in [1.807, 2.05) is 0 Å². The summed E-state index contributed by atoms with van der Waals surface area (Å²) in [5, 5.41) is 12.5. The highest BCUT2D eigenvalue weighted by molar-refractivity contribution is 9.10. The van der Waals surface area contributed by atoms with Gasteiger partial charge in [0.2, 0.25) is 0 Å². The van der Waals surface area contributed by atoms with Gasteiger partial charge in [0.15, 0.2) is 0 Å². The van der Waals surface area contributed by atoms with E-state index >= 15 is 0 Å². The summed E-state index contributed by atoms with van der Waals surface area (Å²) in [4.78, 5) is 23.1. The lowest BCUT2D eigenvalue weighted by atomic mass is 9.49. The lowest BCUT2D eigenvalue weighted by Crippen LogP contribution is -2.56. The van der Waals surface area contributed by atoms with Crippen LogP contribution >= 0.6 is 27.3 Å². The number of thiophene rings is 1. The minimum atomic E-state index is -0.413. The zero-order valence-electron chi connectivity index (χ0n) is 12.6. The Labute approximate surface area is 146 Å². The van der Waals surface area contributed by atoms with Crippen LogP contribution in [0.5, 0.6) is 0 Å². The van der Waals surface area contributed by atoms with Crippen LogP contribution < -0.4 is 0 Å². The molecule has 4 aliphatic rings. The summed E-state index contributed by atoms with van der Waals surface area (Å²) in [5.41, 5.74) is 0.364. The minimum absolute atomic E-state index is 0.0882. The molecule has 1 aromatic rings. The Balaban J connectivity index is 1.45. The molecule has 2 unspecified atom stereocenters. The van der Waals surface area contributed by atoms with Crippen molar-refractivity contribution in [1.29, 1.82) is 0 Å². The van der Waals surface area contributed by atoms with Crippen molar-refractivity contribution >= 4 is 38.2 Å². The van der Waals surface area contributed by atoms with E-state index in [9.17, 15) is 14.9 Å². The van der Waals surface area contributed by atoms with Gasteiger partial charge < -0.3 is 4.74 Å². The standard InChI is InChI=1S/C16H18BrNO4S/c17-16-5-10-1-11(6-16)4-15(3-10,9-16)14(19)22-7-12-2-13(18(20)21)23-8-12/h2,8,10-11H,1,3-7,9H2. The van der Waals surface area contributed by atoms with Crippen LogP contribution in [0.3, 0.4) is 0 Å². The van der Waals surface area contributed by atoms with Crippen LogP contribution in [0.15, 0.2) is 11.4 Å². The van der Waals surface area contributed by atoms with E-state index < -0.39 is 4.92 Å². The number of carbonyl (C=O) groups is 1. The van der Waals surface area contributed by atoms with Gasteiger partial charge in [0.1, 0.15) is 6.61 Å². The molecule has 4 fully saturated rings.